The number of carbonyl (C=O) groups is 12. The number of piperidine rings is 4. The Morgan fingerprint density at radius 1 is 0.349 bits per heavy atom. The highest BCUT2D eigenvalue weighted by Gasteiger charge is 2.70. The van der Waals surface area contributed by atoms with Crippen molar-refractivity contribution in [2.45, 2.75) is 434 Å². The van der Waals surface area contributed by atoms with E-state index >= 15 is 0 Å². The van der Waals surface area contributed by atoms with Crippen molar-refractivity contribution in [2.24, 2.45) is 27.6 Å². The Morgan fingerprint density at radius 2 is 0.631 bits per heavy atom. The summed E-state index contributed by atoms with van der Waals surface area (Å²) >= 11 is 0. The van der Waals surface area contributed by atoms with E-state index < -0.39 is 0 Å². The SMILES string of the molecule is CCC(=O)[C@@H]1C[C@]23CNCCCCCCCc4cc(C(C)C)cc5c(C(C)=O)nn(c45)CC(=O)N1[C@@H]2C3.CCC(=O)[C@@H]1C[C@]23CNCCCCCCCc4cc(C)cc5c(C(C)=O)nn(c45)CC(=O)N1[C@@H]2C3.CCC(=O)[C@@H]1C[C@]23CNCCCCCCCc4cc(CCC(C)C)cc5c(C(C)=O)nn(c45)CC(=O)N1[C@@H]2C3.CCC(=O)[C@@H]1C[C@]23CNCCCCCCCc4cc(OC(C)C)cc5c(C(C)=O)nn(c45)CC(=O)N1[C@@H]2C3. The van der Waals surface area contributed by atoms with Crippen LogP contribution in [0.25, 0.3) is 43.6 Å². The number of amides is 4. The number of aryl methyl sites for hydroxylation is 6. The maximum absolute atomic E-state index is 14.0. The van der Waals surface area contributed by atoms with E-state index in [-0.39, 0.29) is 172 Å². The first-order valence-electron chi connectivity index (χ1n) is 57.6. The summed E-state index contributed by atoms with van der Waals surface area (Å²) in [6.07, 6.45) is 37.3. The topological polar surface area (TPSA) is 346 Å². The van der Waals surface area contributed by atoms with Gasteiger partial charge in [0, 0.05) is 147 Å². The summed E-state index contributed by atoms with van der Waals surface area (Å²) in [6.45, 7) is 36.2. The van der Waals surface area contributed by atoms with Gasteiger partial charge in [-0.05, 0) is 264 Å². The first kappa shape index (κ1) is 110. The number of rotatable bonds is 18. The zero-order chi connectivity index (χ0) is 106. The molecule has 8 bridgehead atoms. The molecule has 4 saturated heterocycles. The molecule has 29 nitrogen and oxygen atoms in total. The van der Waals surface area contributed by atoms with Gasteiger partial charge in [0.1, 0.15) is 54.7 Å². The predicted molar refractivity (Wildman–Crippen MR) is 581 cm³/mol. The molecule has 806 valence electrons. The van der Waals surface area contributed by atoms with Gasteiger partial charge in [0.15, 0.2) is 46.3 Å². The summed E-state index contributed by atoms with van der Waals surface area (Å²) in [4.78, 5) is 165. The number of hydrogen-bond donors (Lipinski definition) is 4. The Kier molecular flexibility index (Phi) is 34.7. The molecule has 29 heteroatoms. The van der Waals surface area contributed by atoms with Crippen LogP contribution >= 0.6 is 0 Å². The van der Waals surface area contributed by atoms with Gasteiger partial charge in [-0.1, -0.05) is 156 Å². The van der Waals surface area contributed by atoms with Crippen LogP contribution in [-0.4, -0.2) is 235 Å². The van der Waals surface area contributed by atoms with E-state index in [0.29, 0.717) is 60.3 Å². The molecule has 4 aromatic carbocycles. The third kappa shape index (κ3) is 23.7. The van der Waals surface area contributed by atoms with Gasteiger partial charge in [0.05, 0.1) is 52.3 Å². The highest BCUT2D eigenvalue weighted by Crippen LogP contribution is 2.63. The van der Waals surface area contributed by atoms with Crippen LogP contribution < -0.4 is 26.0 Å². The van der Waals surface area contributed by atoms with Crippen molar-refractivity contribution < 1.29 is 62.3 Å². The molecule has 0 radical (unpaired) electrons. The van der Waals surface area contributed by atoms with Crippen LogP contribution in [0.1, 0.15) is 396 Å². The lowest BCUT2D eigenvalue weighted by Gasteiger charge is -2.26. The number of aromatic nitrogens is 8. The zero-order valence-electron chi connectivity index (χ0n) is 92.0. The van der Waals surface area contributed by atoms with E-state index in [2.05, 4.69) is 102 Å². The Bertz CT molecular complexity index is 6370. The molecule has 4 amide bonds. The van der Waals surface area contributed by atoms with Crippen LogP contribution in [0.2, 0.25) is 0 Å². The van der Waals surface area contributed by atoms with Crippen LogP contribution in [-0.2, 0) is 96.6 Å². The molecule has 4 saturated carbocycles. The lowest BCUT2D eigenvalue weighted by atomic mass is 9.94. The average molecular weight is 2040 g/mol. The van der Waals surface area contributed by atoms with Crippen molar-refractivity contribution in [1.82, 2.24) is 80.0 Å². The van der Waals surface area contributed by atoms with E-state index in [1.807, 2.05) is 73.3 Å². The van der Waals surface area contributed by atoms with E-state index in [0.717, 1.165) is 266 Å². The first-order valence-corrected chi connectivity index (χ1v) is 57.6. The van der Waals surface area contributed by atoms with Crippen molar-refractivity contribution in [1.29, 1.82) is 0 Å². The number of nitrogens with zero attached hydrogens (tertiary/aromatic N) is 12. The number of benzene rings is 4. The summed E-state index contributed by atoms with van der Waals surface area (Å²) in [6, 6.07) is 15.9. The fourth-order valence-electron chi connectivity index (χ4n) is 27.0. The van der Waals surface area contributed by atoms with Gasteiger partial charge in [-0.2, -0.15) is 20.4 Å². The van der Waals surface area contributed by atoms with E-state index in [1.165, 1.54) is 107 Å². The molecule has 12 heterocycles. The molecule has 0 spiro atoms. The van der Waals surface area contributed by atoms with Crippen molar-refractivity contribution in [3.05, 3.63) is 110 Å². The fourth-order valence-corrected chi connectivity index (χ4v) is 27.0. The molecule has 4 N–H and O–H groups in total. The number of ether oxygens (including phenoxy) is 1. The quantitative estimate of drug-likeness (QED) is 0.0580. The molecule has 12 aliphatic rings. The maximum Gasteiger partial charge on any atom is 0.245 e. The fraction of sp³-hybridized carbons (Fsp3) is 0.667. The van der Waals surface area contributed by atoms with Gasteiger partial charge in [0.2, 0.25) is 23.6 Å². The molecular formula is C120H168N16O13. The van der Waals surface area contributed by atoms with Crippen molar-refractivity contribution in [3.63, 3.8) is 0 Å². The van der Waals surface area contributed by atoms with Gasteiger partial charge < -0.3 is 45.6 Å². The van der Waals surface area contributed by atoms with Crippen molar-refractivity contribution in [2.75, 3.05) is 52.4 Å². The number of ketones is 8. The van der Waals surface area contributed by atoms with E-state index in [1.54, 1.807) is 32.6 Å². The van der Waals surface area contributed by atoms with Crippen molar-refractivity contribution >= 4 is 114 Å². The van der Waals surface area contributed by atoms with Gasteiger partial charge in [0.25, 0.3) is 0 Å². The molecule has 0 unspecified atom stereocenters. The number of nitrogens with one attached hydrogen (secondary N) is 4. The molecule has 8 aliphatic heterocycles. The zero-order valence-corrected chi connectivity index (χ0v) is 92.0. The highest BCUT2D eigenvalue weighted by molar-refractivity contribution is 6.10. The lowest BCUT2D eigenvalue weighted by molar-refractivity contribution is -0.139. The molecule has 4 aliphatic carbocycles. The number of hydrogen-bond acceptors (Lipinski definition) is 21. The predicted octanol–water partition coefficient (Wildman–Crippen LogP) is 18.5. The monoisotopic (exact) mass is 2040 g/mol. The second-order valence-corrected chi connectivity index (χ2v) is 47.5. The third-order valence-electron chi connectivity index (χ3n) is 35.2. The summed E-state index contributed by atoms with van der Waals surface area (Å²) in [7, 11) is 0. The van der Waals surface area contributed by atoms with Crippen LogP contribution in [0.5, 0.6) is 5.75 Å². The minimum absolute atomic E-state index is 0.00259. The normalized spacial score (nSPS) is 26.7. The van der Waals surface area contributed by atoms with Crippen LogP contribution in [0.3, 0.4) is 0 Å². The van der Waals surface area contributed by atoms with Crippen LogP contribution in [0.15, 0.2) is 48.5 Å². The van der Waals surface area contributed by atoms with Crippen LogP contribution in [0, 0.1) is 34.5 Å². The molecular weight excluding hydrogens is 1870 g/mol. The molecule has 4 aromatic heterocycles. The molecule has 149 heavy (non-hydrogen) atoms. The second-order valence-electron chi connectivity index (χ2n) is 47.5. The minimum atomic E-state index is -0.369. The van der Waals surface area contributed by atoms with Crippen molar-refractivity contribution in [3.8, 4) is 5.75 Å². The summed E-state index contributed by atoms with van der Waals surface area (Å²) < 4.78 is 13.1. The van der Waals surface area contributed by atoms with Gasteiger partial charge >= 0.3 is 0 Å². The highest BCUT2D eigenvalue weighted by atomic mass is 16.5. The Balaban J connectivity index is 0.000000135. The summed E-state index contributed by atoms with van der Waals surface area (Å²) in [5, 5.41) is 36.7. The second kappa shape index (κ2) is 47.1. The molecule has 12 atom stereocenters. The molecule has 8 fully saturated rings. The van der Waals surface area contributed by atoms with Crippen LogP contribution in [0.4, 0.5) is 0 Å². The average Bonchev–Trinajstić information content (AvgIpc) is 1.54. The lowest BCUT2D eigenvalue weighted by Crippen LogP contribution is -2.44. The number of carbonyl (C=O) groups excluding carboxylic acids is 12. The Morgan fingerprint density at radius 3 is 0.933 bits per heavy atom. The third-order valence-corrected chi connectivity index (χ3v) is 35.2. The first-order chi connectivity index (χ1) is 71.6. The maximum atomic E-state index is 14.0. The summed E-state index contributed by atoms with van der Waals surface area (Å²) in [5.41, 5.74) is 13.4. The Labute approximate surface area is 881 Å². The minimum Gasteiger partial charge on any atom is -0.491 e. The standard InChI is InChI=1S/C32H46N4O3.C30H42N4O4.C30H42N4O3.C28H38N4O3/c1-5-27(38)26-17-32-18-28(32)36(26)29(39)19-35-31-24(11-9-7-6-8-10-14-33-20-32)15-23(13-12-21(2)3)16-25(31)30(34-35)22(4)37;1-5-25(36)24-15-30-16-26(30)34(24)27(37)17-33-29-21(11-9-7-6-8-10-12-31-18-30)13-22(38-19(2)3)14-23(29)28(32-33)20(4)35;1-5-25(36)24-15-30-16-26(30)34(24)27(37)17-33-29-21(11-9-7-6-8-10-12-31-18-30)13-22(19(2)3)14-23(29)28(32-33)20(4)35;1-4-23(34)22-14-28-15-24(28)32(22)25(35)16-31-27-20(10-8-6-5-7-9-11-29-17-28)12-18(2)13-21(27)26(30-31)19(3)33/h15-16,21,26,28,33H,5-14,17-20H2,1-4H3;13-14,19,24,26,31H,5-12,15-18H2,1-4H3;13-14,19,24,26,31H,5-12,15-18H2,1-4H3;12-13,22,24,29H,4-11,14-17H2,1-3H3/t26-,28+,32-;2*24-,26+,30-;22-,24+,28-/m0000/s1. The largest absolute Gasteiger partial charge is 0.491 e. The Hall–Kier alpha value is -10.4. The smallest absolute Gasteiger partial charge is 0.245 e. The number of Topliss-reactive ketones (excluding diaryl/α,β-unsaturated/α-hetero) is 8. The van der Waals surface area contributed by atoms with Gasteiger partial charge in [-0.15, -0.1) is 0 Å². The van der Waals surface area contributed by atoms with E-state index in [4.69, 9.17) is 14.9 Å². The van der Waals surface area contributed by atoms with Gasteiger partial charge in [-0.25, -0.2) is 0 Å². The van der Waals surface area contributed by atoms with E-state index in [9.17, 15) is 57.5 Å². The van der Waals surface area contributed by atoms with Gasteiger partial charge in [-0.3, -0.25) is 76.3 Å². The molecule has 8 aromatic rings. The molecule has 20 rings (SSSR count). The summed E-state index contributed by atoms with van der Waals surface area (Å²) in [5.74, 6) is 1.58.